The van der Waals surface area contributed by atoms with Gasteiger partial charge in [0.25, 0.3) is 0 Å². The van der Waals surface area contributed by atoms with Crippen molar-refractivity contribution in [3.8, 4) is 11.5 Å². The second-order valence-electron chi connectivity index (χ2n) is 8.57. The molecule has 5 rings (SSSR count). The Morgan fingerprint density at radius 1 is 0.882 bits per heavy atom. The molecule has 0 bridgehead atoms. The van der Waals surface area contributed by atoms with Gasteiger partial charge >= 0.3 is 12.0 Å². The number of benzene rings is 3. The molecule has 0 aliphatic carbocycles. The maximum atomic E-state index is 13.1. The molecule has 2 saturated heterocycles. The molecule has 1 unspecified atom stereocenters. The molecule has 0 spiro atoms. The summed E-state index contributed by atoms with van der Waals surface area (Å²) in [7, 11) is 1.35. The van der Waals surface area contributed by atoms with Crippen LogP contribution in [0.2, 0.25) is 0 Å². The Labute approximate surface area is 199 Å². The lowest BCUT2D eigenvalue weighted by molar-refractivity contribution is 0.0600. The highest BCUT2D eigenvalue weighted by atomic mass is 16.5. The minimum Gasteiger partial charge on any atom is -0.465 e. The maximum Gasteiger partial charge on any atom is 0.337 e. The topological polar surface area (TPSA) is 62.3 Å². The van der Waals surface area contributed by atoms with Crippen LogP contribution in [-0.2, 0) is 11.3 Å². The Morgan fingerprint density at radius 3 is 2.24 bits per heavy atom. The van der Waals surface area contributed by atoms with E-state index < -0.39 is 0 Å². The van der Waals surface area contributed by atoms with E-state index in [1.807, 2.05) is 40.1 Å². The molecule has 2 aliphatic rings. The average molecular weight is 458 g/mol. The third-order valence-electron chi connectivity index (χ3n) is 6.35. The predicted octanol–water partition coefficient (Wildman–Crippen LogP) is 4.39. The van der Waals surface area contributed by atoms with Crippen molar-refractivity contribution in [2.45, 2.75) is 12.6 Å². The van der Waals surface area contributed by atoms with Crippen molar-refractivity contribution in [3.05, 3.63) is 90.0 Å². The maximum absolute atomic E-state index is 13.1. The van der Waals surface area contributed by atoms with Gasteiger partial charge < -0.3 is 14.4 Å². The quantitative estimate of drug-likeness (QED) is 0.514. The van der Waals surface area contributed by atoms with Gasteiger partial charge in [-0.1, -0.05) is 30.3 Å². The molecule has 0 aromatic heterocycles. The van der Waals surface area contributed by atoms with Crippen molar-refractivity contribution in [2.24, 2.45) is 0 Å². The van der Waals surface area contributed by atoms with Gasteiger partial charge in [-0.05, 0) is 54.1 Å². The lowest BCUT2D eigenvalue weighted by Gasteiger charge is -2.36. The zero-order valence-electron chi connectivity index (χ0n) is 19.1. The minimum atomic E-state index is -0.384. The summed E-state index contributed by atoms with van der Waals surface area (Å²) >= 11 is 0. The first-order chi connectivity index (χ1) is 16.6. The van der Waals surface area contributed by atoms with Crippen molar-refractivity contribution in [2.75, 3.05) is 38.2 Å². The Kier molecular flexibility index (Phi) is 6.18. The van der Waals surface area contributed by atoms with Gasteiger partial charge in [0.15, 0.2) is 0 Å². The van der Waals surface area contributed by atoms with Gasteiger partial charge in [-0.15, -0.1) is 0 Å². The van der Waals surface area contributed by atoms with E-state index in [0.29, 0.717) is 23.6 Å². The second kappa shape index (κ2) is 9.57. The van der Waals surface area contributed by atoms with Crippen LogP contribution in [-0.4, -0.2) is 61.1 Å². The highest BCUT2D eigenvalue weighted by molar-refractivity contribution is 5.95. The number of nitrogens with zero attached hydrogens (tertiary/aromatic N) is 3. The molecule has 3 aromatic rings. The summed E-state index contributed by atoms with van der Waals surface area (Å²) in [6.07, 6.45) is 0. The Hall–Kier alpha value is -3.84. The van der Waals surface area contributed by atoms with Crippen LogP contribution in [0, 0.1) is 0 Å². The van der Waals surface area contributed by atoms with E-state index in [1.54, 1.807) is 24.3 Å². The van der Waals surface area contributed by atoms with Crippen LogP contribution in [0.1, 0.15) is 15.9 Å². The fourth-order valence-corrected chi connectivity index (χ4v) is 4.58. The van der Waals surface area contributed by atoms with Crippen molar-refractivity contribution in [3.63, 3.8) is 0 Å². The van der Waals surface area contributed by atoms with E-state index in [4.69, 9.17) is 9.47 Å². The number of carbonyl (C=O) groups excluding carboxylic acids is 2. The summed E-state index contributed by atoms with van der Waals surface area (Å²) in [6, 6.07) is 25.0. The first-order valence-corrected chi connectivity index (χ1v) is 11.4. The molecule has 2 heterocycles. The zero-order chi connectivity index (χ0) is 23.5. The Balaban J connectivity index is 1.21. The smallest absolute Gasteiger partial charge is 0.337 e. The van der Waals surface area contributed by atoms with Crippen molar-refractivity contribution in [1.82, 2.24) is 9.80 Å². The lowest BCUT2D eigenvalue weighted by Crippen LogP contribution is -2.51. The van der Waals surface area contributed by atoms with Gasteiger partial charge in [0, 0.05) is 38.4 Å². The highest BCUT2D eigenvalue weighted by Gasteiger charge is 2.41. The van der Waals surface area contributed by atoms with E-state index in [-0.39, 0.29) is 18.0 Å². The molecule has 2 aliphatic heterocycles. The fourth-order valence-electron chi connectivity index (χ4n) is 4.58. The molecule has 7 nitrogen and oxygen atoms in total. The van der Waals surface area contributed by atoms with Crippen LogP contribution in [0.4, 0.5) is 10.5 Å². The summed E-state index contributed by atoms with van der Waals surface area (Å²) in [5.74, 6) is 0.895. The summed E-state index contributed by atoms with van der Waals surface area (Å²) in [4.78, 5) is 30.9. The molecule has 3 aromatic carbocycles. The van der Waals surface area contributed by atoms with Crippen LogP contribution in [0.3, 0.4) is 0 Å². The molecule has 7 heteroatoms. The number of esters is 1. The number of hydrogen-bond acceptors (Lipinski definition) is 5. The fraction of sp³-hybridized carbons (Fsp3) is 0.259. The summed E-state index contributed by atoms with van der Waals surface area (Å²) in [5, 5.41) is 0. The number of carbonyl (C=O) groups is 2. The Morgan fingerprint density at radius 2 is 1.56 bits per heavy atom. The van der Waals surface area contributed by atoms with Gasteiger partial charge in [-0.3, -0.25) is 9.80 Å². The van der Waals surface area contributed by atoms with Gasteiger partial charge in [0.05, 0.1) is 18.7 Å². The summed E-state index contributed by atoms with van der Waals surface area (Å²) in [5.41, 5.74) is 2.63. The van der Waals surface area contributed by atoms with Crippen molar-refractivity contribution < 1.29 is 19.1 Å². The Bertz CT molecular complexity index is 1150. The predicted molar refractivity (Wildman–Crippen MR) is 129 cm³/mol. The van der Waals surface area contributed by atoms with E-state index in [1.165, 1.54) is 12.7 Å². The lowest BCUT2D eigenvalue weighted by atomic mass is 10.1. The van der Waals surface area contributed by atoms with Gasteiger partial charge in [-0.2, -0.15) is 0 Å². The zero-order valence-corrected chi connectivity index (χ0v) is 19.1. The monoisotopic (exact) mass is 457 g/mol. The standard InChI is InChI=1S/C27H27N3O4/c1-33-26(31)21-7-11-24(12-8-21)34-25-13-9-22(10-14-25)30-19-23-18-28(15-16-29(23)27(30)32)17-20-5-3-2-4-6-20/h2-14,23H,15-19H2,1H3. The SMILES string of the molecule is COC(=O)c1ccc(Oc2ccc(N3CC4CN(Cc5ccccc5)CCN4C3=O)cc2)cc1. The summed E-state index contributed by atoms with van der Waals surface area (Å²) < 4.78 is 10.6. The van der Waals surface area contributed by atoms with E-state index in [9.17, 15) is 9.59 Å². The number of piperazine rings is 1. The molecule has 0 N–H and O–H groups in total. The molecule has 174 valence electrons. The first-order valence-electron chi connectivity index (χ1n) is 11.4. The van der Waals surface area contributed by atoms with Crippen LogP contribution < -0.4 is 9.64 Å². The molecule has 2 fully saturated rings. The third kappa shape index (κ3) is 4.61. The molecular formula is C27H27N3O4. The van der Waals surface area contributed by atoms with Crippen LogP contribution in [0.5, 0.6) is 11.5 Å². The number of anilines is 1. The number of rotatable bonds is 6. The molecule has 2 amide bonds. The van der Waals surface area contributed by atoms with Crippen LogP contribution in [0.25, 0.3) is 0 Å². The average Bonchev–Trinajstić information content (AvgIpc) is 3.20. The largest absolute Gasteiger partial charge is 0.465 e. The normalized spacial score (nSPS) is 18.0. The molecular weight excluding hydrogens is 430 g/mol. The van der Waals surface area contributed by atoms with Crippen LogP contribution >= 0.6 is 0 Å². The molecule has 0 radical (unpaired) electrons. The molecule has 34 heavy (non-hydrogen) atoms. The van der Waals surface area contributed by atoms with Crippen LogP contribution in [0.15, 0.2) is 78.9 Å². The van der Waals surface area contributed by atoms with Crippen molar-refractivity contribution in [1.29, 1.82) is 0 Å². The number of urea groups is 1. The molecule has 1 atom stereocenters. The number of amides is 2. The highest BCUT2D eigenvalue weighted by Crippen LogP contribution is 2.30. The number of methoxy groups -OCH3 is 1. The second-order valence-corrected chi connectivity index (χ2v) is 8.57. The first kappa shape index (κ1) is 22.0. The number of hydrogen-bond donors (Lipinski definition) is 0. The van der Waals surface area contributed by atoms with E-state index in [0.717, 1.165) is 31.9 Å². The minimum absolute atomic E-state index is 0.0661. The number of ether oxygens (including phenoxy) is 2. The van der Waals surface area contributed by atoms with Gasteiger partial charge in [0.1, 0.15) is 11.5 Å². The van der Waals surface area contributed by atoms with Gasteiger partial charge in [-0.25, -0.2) is 9.59 Å². The third-order valence-corrected chi connectivity index (χ3v) is 6.35. The number of fused-ring (bicyclic) bond motifs is 1. The van der Waals surface area contributed by atoms with Crippen molar-refractivity contribution >= 4 is 17.7 Å². The van der Waals surface area contributed by atoms with Gasteiger partial charge in [0.2, 0.25) is 0 Å². The molecule has 0 saturated carbocycles. The summed E-state index contributed by atoms with van der Waals surface area (Å²) in [6.45, 7) is 4.09. The van der Waals surface area contributed by atoms with E-state index in [2.05, 4.69) is 29.2 Å². The van der Waals surface area contributed by atoms with E-state index >= 15 is 0 Å².